The minimum Gasteiger partial charge on any atom is -0.480 e. The van der Waals surface area contributed by atoms with Crippen LogP contribution in [0.1, 0.15) is 44.6 Å². The van der Waals surface area contributed by atoms with Gasteiger partial charge in [0.25, 0.3) is 0 Å². The summed E-state index contributed by atoms with van der Waals surface area (Å²) in [5.74, 6) is -0.945. The highest BCUT2D eigenvalue weighted by Crippen LogP contribution is 2.48. The maximum atomic E-state index is 12.8. The number of urea groups is 1. The first kappa shape index (κ1) is 19.7. The summed E-state index contributed by atoms with van der Waals surface area (Å²) in [7, 11) is 4.26. The zero-order valence-corrected chi connectivity index (χ0v) is 16.6. The van der Waals surface area contributed by atoms with E-state index < -0.39 is 5.97 Å². The fourth-order valence-electron chi connectivity index (χ4n) is 5.02. The molecule has 1 aliphatic carbocycles. The van der Waals surface area contributed by atoms with Gasteiger partial charge in [0.15, 0.2) is 0 Å². The third kappa shape index (κ3) is 3.43. The van der Waals surface area contributed by atoms with Crippen LogP contribution in [0, 0.1) is 0 Å². The monoisotopic (exact) mass is 373 g/mol. The van der Waals surface area contributed by atoms with Crippen molar-refractivity contribution in [3.63, 3.8) is 0 Å². The van der Waals surface area contributed by atoms with Crippen LogP contribution in [0.4, 0.5) is 4.79 Å². The predicted molar refractivity (Wildman–Crippen MR) is 105 cm³/mol. The number of hydrogen-bond donors (Lipinski definition) is 1. The molecule has 148 valence electrons. The van der Waals surface area contributed by atoms with Crippen LogP contribution in [0.5, 0.6) is 0 Å². The van der Waals surface area contributed by atoms with Gasteiger partial charge in [0.2, 0.25) is 0 Å². The van der Waals surface area contributed by atoms with Crippen LogP contribution in [0.3, 0.4) is 0 Å². The molecule has 0 atom stereocenters. The minimum atomic E-state index is -0.945. The summed E-state index contributed by atoms with van der Waals surface area (Å²) in [6.45, 7) is 3.07. The van der Waals surface area contributed by atoms with Crippen LogP contribution in [-0.4, -0.2) is 71.1 Å². The molecule has 0 aromatic heterocycles. The van der Waals surface area contributed by atoms with Crippen molar-refractivity contribution in [3.05, 3.63) is 35.9 Å². The molecule has 2 aliphatic rings. The van der Waals surface area contributed by atoms with Crippen molar-refractivity contribution in [2.24, 2.45) is 0 Å². The van der Waals surface area contributed by atoms with Gasteiger partial charge < -0.3 is 14.9 Å². The number of hydrogen-bond acceptors (Lipinski definition) is 3. The Labute approximate surface area is 161 Å². The summed E-state index contributed by atoms with van der Waals surface area (Å²) < 4.78 is 0. The molecule has 2 amide bonds. The van der Waals surface area contributed by atoms with Crippen molar-refractivity contribution in [2.45, 2.75) is 50.1 Å². The lowest BCUT2D eigenvalue weighted by Crippen LogP contribution is -2.55. The third-order valence-corrected chi connectivity index (χ3v) is 6.51. The quantitative estimate of drug-likeness (QED) is 0.833. The zero-order chi connectivity index (χ0) is 19.7. The standard InChI is InChI=1S/C21H31N3O3/c1-4-14-24-19(27)23(15-18(25)26)16-20(24)10-12-21(13-11-20,22(2)3)17-8-6-5-7-9-17/h5-9H,4,10-16H2,1-3H3,(H,25,26). The van der Waals surface area contributed by atoms with Crippen molar-refractivity contribution >= 4 is 12.0 Å². The van der Waals surface area contributed by atoms with Gasteiger partial charge in [0.1, 0.15) is 6.54 Å². The third-order valence-electron chi connectivity index (χ3n) is 6.51. The number of carboxylic acid groups (broad SMARTS) is 1. The molecule has 1 heterocycles. The molecular weight excluding hydrogens is 342 g/mol. The largest absolute Gasteiger partial charge is 0.480 e. The number of rotatable bonds is 6. The predicted octanol–water partition coefficient (Wildman–Crippen LogP) is 2.99. The van der Waals surface area contributed by atoms with Crippen molar-refractivity contribution in [1.82, 2.24) is 14.7 Å². The molecule has 0 unspecified atom stereocenters. The molecule has 1 aliphatic heterocycles. The van der Waals surface area contributed by atoms with E-state index in [0.717, 1.165) is 32.1 Å². The molecule has 1 aromatic rings. The summed E-state index contributed by atoms with van der Waals surface area (Å²) in [6.07, 6.45) is 4.58. The molecule has 0 bridgehead atoms. The molecule has 6 heteroatoms. The zero-order valence-electron chi connectivity index (χ0n) is 16.6. The van der Waals surface area contributed by atoms with Gasteiger partial charge in [0, 0.05) is 18.6 Å². The van der Waals surface area contributed by atoms with Gasteiger partial charge in [-0.1, -0.05) is 37.3 Å². The van der Waals surface area contributed by atoms with Gasteiger partial charge in [-0.2, -0.15) is 0 Å². The number of nitrogens with zero attached hydrogens (tertiary/aromatic N) is 3. The van der Waals surface area contributed by atoms with E-state index in [2.05, 4.69) is 50.2 Å². The Kier molecular flexibility index (Phi) is 5.47. The molecule has 1 N–H and O–H groups in total. The SMILES string of the molecule is CCCN1C(=O)N(CC(=O)O)CC12CCC(c1ccccc1)(N(C)C)CC2. The number of carbonyl (C=O) groups is 2. The van der Waals surface area contributed by atoms with Crippen molar-refractivity contribution in [2.75, 3.05) is 33.7 Å². The van der Waals surface area contributed by atoms with Crippen molar-refractivity contribution < 1.29 is 14.7 Å². The molecule has 0 radical (unpaired) electrons. The fourth-order valence-corrected chi connectivity index (χ4v) is 5.02. The second-order valence-corrected chi connectivity index (χ2v) is 8.20. The van der Waals surface area contributed by atoms with E-state index in [1.54, 1.807) is 0 Å². The first-order chi connectivity index (χ1) is 12.8. The molecule has 27 heavy (non-hydrogen) atoms. The van der Waals surface area contributed by atoms with E-state index in [1.165, 1.54) is 10.5 Å². The van der Waals surface area contributed by atoms with Crippen molar-refractivity contribution in [1.29, 1.82) is 0 Å². The molecule has 6 nitrogen and oxygen atoms in total. The van der Waals surface area contributed by atoms with Crippen LogP contribution in [0.25, 0.3) is 0 Å². The lowest BCUT2D eigenvalue weighted by atomic mass is 9.68. The topological polar surface area (TPSA) is 64.1 Å². The van der Waals surface area contributed by atoms with E-state index in [0.29, 0.717) is 13.1 Å². The Morgan fingerprint density at radius 3 is 2.30 bits per heavy atom. The Morgan fingerprint density at radius 2 is 1.78 bits per heavy atom. The first-order valence-corrected chi connectivity index (χ1v) is 9.86. The van der Waals surface area contributed by atoms with Crippen LogP contribution in [0.2, 0.25) is 0 Å². The summed E-state index contributed by atoms with van der Waals surface area (Å²) in [4.78, 5) is 29.8. The van der Waals surface area contributed by atoms with Crippen LogP contribution in [0.15, 0.2) is 30.3 Å². The van der Waals surface area contributed by atoms with E-state index in [9.17, 15) is 14.7 Å². The number of amides is 2. The normalized spacial score (nSPS) is 28.4. The van der Waals surface area contributed by atoms with Crippen LogP contribution >= 0.6 is 0 Å². The van der Waals surface area contributed by atoms with Gasteiger partial charge in [-0.3, -0.25) is 9.69 Å². The Morgan fingerprint density at radius 1 is 1.15 bits per heavy atom. The van der Waals surface area contributed by atoms with E-state index in [-0.39, 0.29) is 23.7 Å². The summed E-state index contributed by atoms with van der Waals surface area (Å²) in [6, 6.07) is 10.5. The second-order valence-electron chi connectivity index (χ2n) is 8.20. The molecule has 3 rings (SSSR count). The fraction of sp³-hybridized carbons (Fsp3) is 0.619. The van der Waals surface area contributed by atoms with Gasteiger partial charge in [0.05, 0.1) is 5.54 Å². The number of carboxylic acids is 1. The lowest BCUT2D eigenvalue weighted by Gasteiger charge is -2.51. The van der Waals surface area contributed by atoms with E-state index in [4.69, 9.17) is 0 Å². The number of aliphatic carboxylic acids is 1. The Balaban J connectivity index is 1.86. The minimum absolute atomic E-state index is 0.0341. The van der Waals surface area contributed by atoms with Crippen LogP contribution in [-0.2, 0) is 10.3 Å². The molecule has 1 saturated heterocycles. The summed E-state index contributed by atoms with van der Waals surface area (Å²) in [5.41, 5.74) is 1.04. The summed E-state index contributed by atoms with van der Waals surface area (Å²) >= 11 is 0. The first-order valence-electron chi connectivity index (χ1n) is 9.86. The highest BCUT2D eigenvalue weighted by molar-refractivity contribution is 5.83. The lowest BCUT2D eigenvalue weighted by molar-refractivity contribution is -0.137. The maximum absolute atomic E-state index is 12.8. The average Bonchev–Trinajstić information content (AvgIpc) is 2.88. The highest BCUT2D eigenvalue weighted by atomic mass is 16.4. The Bertz CT molecular complexity index is 681. The van der Waals surface area contributed by atoms with E-state index in [1.807, 2.05) is 11.0 Å². The smallest absolute Gasteiger partial charge is 0.323 e. The highest BCUT2D eigenvalue weighted by Gasteiger charge is 2.54. The molecule has 1 spiro atoms. The molecule has 1 saturated carbocycles. The van der Waals surface area contributed by atoms with Crippen LogP contribution < -0.4 is 0 Å². The van der Waals surface area contributed by atoms with E-state index >= 15 is 0 Å². The molecule has 1 aromatic carbocycles. The number of carbonyl (C=O) groups excluding carboxylic acids is 1. The molecular formula is C21H31N3O3. The van der Waals surface area contributed by atoms with Gasteiger partial charge in [-0.05, 0) is 51.8 Å². The van der Waals surface area contributed by atoms with Gasteiger partial charge in [-0.15, -0.1) is 0 Å². The molecule has 2 fully saturated rings. The second kappa shape index (κ2) is 7.50. The Hall–Kier alpha value is -2.08. The van der Waals surface area contributed by atoms with Gasteiger partial charge >= 0.3 is 12.0 Å². The summed E-state index contributed by atoms with van der Waals surface area (Å²) in [5, 5.41) is 9.18. The maximum Gasteiger partial charge on any atom is 0.323 e. The van der Waals surface area contributed by atoms with Crippen molar-refractivity contribution in [3.8, 4) is 0 Å². The van der Waals surface area contributed by atoms with Gasteiger partial charge in [-0.25, -0.2) is 4.79 Å². The average molecular weight is 373 g/mol. The number of benzene rings is 1.